The Labute approximate surface area is 123 Å². The van der Waals surface area contributed by atoms with E-state index in [1.54, 1.807) is 12.1 Å². The van der Waals surface area contributed by atoms with E-state index in [9.17, 15) is 9.18 Å². The van der Waals surface area contributed by atoms with Gasteiger partial charge in [0.05, 0.1) is 18.2 Å². The van der Waals surface area contributed by atoms with E-state index in [4.69, 9.17) is 4.74 Å². The summed E-state index contributed by atoms with van der Waals surface area (Å²) in [4.78, 5) is 12.0. The van der Waals surface area contributed by atoms with Crippen LogP contribution in [0.15, 0.2) is 48.5 Å². The molecule has 0 saturated carbocycles. The highest BCUT2D eigenvalue weighted by molar-refractivity contribution is 5.94. The van der Waals surface area contributed by atoms with Crippen LogP contribution in [0.25, 0.3) is 0 Å². The molecule has 0 radical (unpaired) electrons. The van der Waals surface area contributed by atoms with E-state index in [-0.39, 0.29) is 11.6 Å². The largest absolute Gasteiger partial charge is 0.494 e. The van der Waals surface area contributed by atoms with Gasteiger partial charge in [-0.1, -0.05) is 24.3 Å². The maximum Gasteiger partial charge on any atom is 0.254 e. The number of nitrogens with one attached hydrogen (secondary N) is 1. The van der Waals surface area contributed by atoms with Crippen molar-refractivity contribution in [2.24, 2.45) is 0 Å². The van der Waals surface area contributed by atoms with Crippen molar-refractivity contribution >= 4 is 5.91 Å². The first-order chi connectivity index (χ1) is 10.1. The zero-order valence-electron chi connectivity index (χ0n) is 12.1. The molecule has 21 heavy (non-hydrogen) atoms. The standard InChI is InChI=1S/C17H18FNO2/c1-3-21-14-10-8-13(9-11-14)12(2)19-17(20)15-6-4-5-7-16(15)18/h4-12H,3H2,1-2H3,(H,19,20)/t12-/m0/s1. The van der Waals surface area contributed by atoms with Gasteiger partial charge in [0.15, 0.2) is 0 Å². The van der Waals surface area contributed by atoms with Crippen LogP contribution in [0.2, 0.25) is 0 Å². The molecule has 0 aliphatic heterocycles. The van der Waals surface area contributed by atoms with E-state index < -0.39 is 11.7 Å². The maximum atomic E-state index is 13.6. The van der Waals surface area contributed by atoms with Gasteiger partial charge in [0, 0.05) is 0 Å². The summed E-state index contributed by atoms with van der Waals surface area (Å²) in [6, 6.07) is 13.2. The lowest BCUT2D eigenvalue weighted by Crippen LogP contribution is -2.27. The fraction of sp³-hybridized carbons (Fsp3) is 0.235. The second kappa shape index (κ2) is 6.88. The molecular weight excluding hydrogens is 269 g/mol. The molecule has 1 atom stereocenters. The molecule has 0 unspecified atom stereocenters. The van der Waals surface area contributed by atoms with E-state index in [1.807, 2.05) is 38.1 Å². The van der Waals surface area contributed by atoms with Crippen molar-refractivity contribution in [1.29, 1.82) is 0 Å². The van der Waals surface area contributed by atoms with Crippen LogP contribution in [0.5, 0.6) is 5.75 Å². The predicted molar refractivity (Wildman–Crippen MR) is 79.9 cm³/mol. The Morgan fingerprint density at radius 3 is 2.48 bits per heavy atom. The molecule has 110 valence electrons. The summed E-state index contributed by atoms with van der Waals surface area (Å²) in [6.45, 7) is 4.39. The number of carbonyl (C=O) groups excluding carboxylic acids is 1. The normalized spacial score (nSPS) is 11.8. The van der Waals surface area contributed by atoms with Crippen LogP contribution in [0.1, 0.15) is 35.8 Å². The van der Waals surface area contributed by atoms with Gasteiger partial charge in [-0.15, -0.1) is 0 Å². The van der Waals surface area contributed by atoms with E-state index in [1.165, 1.54) is 12.1 Å². The summed E-state index contributed by atoms with van der Waals surface area (Å²) in [5.41, 5.74) is 0.985. The van der Waals surface area contributed by atoms with Crippen molar-refractivity contribution in [3.05, 3.63) is 65.5 Å². The van der Waals surface area contributed by atoms with Gasteiger partial charge in [-0.25, -0.2) is 4.39 Å². The number of benzene rings is 2. The summed E-state index contributed by atoms with van der Waals surface area (Å²) in [7, 11) is 0. The van der Waals surface area contributed by atoms with Crippen molar-refractivity contribution in [3.8, 4) is 5.75 Å². The van der Waals surface area contributed by atoms with Gasteiger partial charge in [0.2, 0.25) is 0 Å². The molecule has 4 heteroatoms. The monoisotopic (exact) mass is 287 g/mol. The molecule has 0 aliphatic rings. The molecule has 2 aromatic carbocycles. The molecule has 0 bridgehead atoms. The van der Waals surface area contributed by atoms with Gasteiger partial charge in [-0.2, -0.15) is 0 Å². The maximum absolute atomic E-state index is 13.6. The van der Waals surface area contributed by atoms with Crippen molar-refractivity contribution in [1.82, 2.24) is 5.32 Å². The zero-order chi connectivity index (χ0) is 15.2. The minimum atomic E-state index is -0.520. The smallest absolute Gasteiger partial charge is 0.254 e. The molecule has 3 nitrogen and oxygen atoms in total. The molecule has 1 N–H and O–H groups in total. The fourth-order valence-electron chi connectivity index (χ4n) is 2.02. The van der Waals surface area contributed by atoms with Gasteiger partial charge in [-0.3, -0.25) is 4.79 Å². The van der Waals surface area contributed by atoms with Crippen LogP contribution in [-0.4, -0.2) is 12.5 Å². The lowest BCUT2D eigenvalue weighted by atomic mass is 10.1. The molecule has 0 aromatic heterocycles. The van der Waals surface area contributed by atoms with Crippen molar-refractivity contribution in [3.63, 3.8) is 0 Å². The Morgan fingerprint density at radius 1 is 1.19 bits per heavy atom. The van der Waals surface area contributed by atoms with Crippen molar-refractivity contribution < 1.29 is 13.9 Å². The van der Waals surface area contributed by atoms with E-state index in [0.29, 0.717) is 6.61 Å². The number of hydrogen-bond acceptors (Lipinski definition) is 2. The molecular formula is C17H18FNO2. The Hall–Kier alpha value is -2.36. The van der Waals surface area contributed by atoms with Gasteiger partial charge in [0.1, 0.15) is 11.6 Å². The first-order valence-electron chi connectivity index (χ1n) is 6.90. The molecule has 0 heterocycles. The third-order valence-corrected chi connectivity index (χ3v) is 3.16. The number of ether oxygens (including phenoxy) is 1. The molecule has 0 fully saturated rings. The zero-order valence-corrected chi connectivity index (χ0v) is 12.1. The number of amides is 1. The minimum Gasteiger partial charge on any atom is -0.494 e. The lowest BCUT2D eigenvalue weighted by molar-refractivity contribution is 0.0936. The van der Waals surface area contributed by atoms with Gasteiger partial charge >= 0.3 is 0 Å². The number of carbonyl (C=O) groups is 1. The topological polar surface area (TPSA) is 38.3 Å². The van der Waals surface area contributed by atoms with E-state index >= 15 is 0 Å². The van der Waals surface area contributed by atoms with Crippen LogP contribution in [0.3, 0.4) is 0 Å². The summed E-state index contributed by atoms with van der Waals surface area (Å²) in [5.74, 6) is -0.155. The van der Waals surface area contributed by atoms with E-state index in [0.717, 1.165) is 11.3 Å². The second-order valence-electron chi connectivity index (χ2n) is 4.68. The first kappa shape index (κ1) is 15.0. The highest BCUT2D eigenvalue weighted by Gasteiger charge is 2.14. The molecule has 0 spiro atoms. The van der Waals surface area contributed by atoms with Crippen molar-refractivity contribution in [2.45, 2.75) is 19.9 Å². The Morgan fingerprint density at radius 2 is 1.86 bits per heavy atom. The van der Waals surface area contributed by atoms with Crippen LogP contribution < -0.4 is 10.1 Å². The van der Waals surface area contributed by atoms with E-state index in [2.05, 4.69) is 5.32 Å². The summed E-state index contributed by atoms with van der Waals surface area (Å²) < 4.78 is 18.9. The summed E-state index contributed by atoms with van der Waals surface area (Å²) in [6.07, 6.45) is 0. The SMILES string of the molecule is CCOc1ccc([C@H](C)NC(=O)c2ccccc2F)cc1. The Bertz CT molecular complexity index is 610. The molecule has 0 saturated heterocycles. The van der Waals surface area contributed by atoms with Gasteiger partial charge in [0.25, 0.3) is 5.91 Å². The Balaban J connectivity index is 2.05. The van der Waals surface area contributed by atoms with Crippen LogP contribution >= 0.6 is 0 Å². The second-order valence-corrected chi connectivity index (χ2v) is 4.68. The first-order valence-corrected chi connectivity index (χ1v) is 6.90. The van der Waals surface area contributed by atoms with Crippen LogP contribution in [-0.2, 0) is 0 Å². The molecule has 1 amide bonds. The average molecular weight is 287 g/mol. The highest BCUT2D eigenvalue weighted by atomic mass is 19.1. The van der Waals surface area contributed by atoms with Gasteiger partial charge in [-0.05, 0) is 43.7 Å². The summed E-state index contributed by atoms with van der Waals surface area (Å²) in [5, 5.41) is 2.79. The third kappa shape index (κ3) is 3.81. The van der Waals surface area contributed by atoms with Crippen LogP contribution in [0.4, 0.5) is 4.39 Å². The van der Waals surface area contributed by atoms with Gasteiger partial charge < -0.3 is 10.1 Å². The number of hydrogen-bond donors (Lipinski definition) is 1. The number of halogens is 1. The van der Waals surface area contributed by atoms with Crippen molar-refractivity contribution in [2.75, 3.05) is 6.61 Å². The summed E-state index contributed by atoms with van der Waals surface area (Å²) >= 11 is 0. The fourth-order valence-corrected chi connectivity index (χ4v) is 2.02. The third-order valence-electron chi connectivity index (χ3n) is 3.16. The highest BCUT2D eigenvalue weighted by Crippen LogP contribution is 2.18. The minimum absolute atomic E-state index is 0.0512. The molecule has 0 aliphatic carbocycles. The lowest BCUT2D eigenvalue weighted by Gasteiger charge is -2.15. The quantitative estimate of drug-likeness (QED) is 0.910. The van der Waals surface area contributed by atoms with Crippen LogP contribution in [0, 0.1) is 5.82 Å². The predicted octanol–water partition coefficient (Wildman–Crippen LogP) is 3.72. The molecule has 2 aromatic rings. The number of rotatable bonds is 5. The molecule has 2 rings (SSSR count). The Kier molecular flexibility index (Phi) is 4.93. The average Bonchev–Trinajstić information content (AvgIpc) is 2.48.